The van der Waals surface area contributed by atoms with Crippen molar-refractivity contribution in [1.82, 2.24) is 14.9 Å². The van der Waals surface area contributed by atoms with E-state index in [1.807, 2.05) is 13.8 Å². The van der Waals surface area contributed by atoms with Gasteiger partial charge in [-0.25, -0.2) is 14.2 Å². The van der Waals surface area contributed by atoms with E-state index in [0.29, 0.717) is 0 Å². The Morgan fingerprint density at radius 1 is 1.27 bits per heavy atom. The van der Waals surface area contributed by atoms with Gasteiger partial charge in [-0.3, -0.25) is 14.7 Å². The summed E-state index contributed by atoms with van der Waals surface area (Å²) in [6.45, 7) is 3.63. The number of rotatable bonds is 5. The predicted octanol–water partition coefficient (Wildman–Crippen LogP) is 3.54. The molecule has 160 valence electrons. The van der Waals surface area contributed by atoms with E-state index < -0.39 is 29.6 Å². The summed E-state index contributed by atoms with van der Waals surface area (Å²) in [4.78, 5) is 34.9. The highest BCUT2D eigenvalue weighted by molar-refractivity contribution is 5.99. The standard InChI is InChI=1S/C19H19F4N5O2/c1-11(2)15-9-27(14-3-4-16(25-8-14)19(21,22)23)18(30)28(15)10-17(29)26-13-5-12(20)6-24-7-13/h3-8,11,15H,9-10H2,1-2H3,(H,26,29)/t15-/m1/s1. The number of anilines is 2. The zero-order valence-corrected chi connectivity index (χ0v) is 16.2. The van der Waals surface area contributed by atoms with Gasteiger partial charge >= 0.3 is 12.2 Å². The van der Waals surface area contributed by atoms with E-state index in [1.165, 1.54) is 22.1 Å². The number of aromatic nitrogens is 2. The molecule has 30 heavy (non-hydrogen) atoms. The number of amides is 3. The minimum absolute atomic E-state index is 0.0232. The Bertz CT molecular complexity index is 933. The summed E-state index contributed by atoms with van der Waals surface area (Å²) in [7, 11) is 0. The molecule has 0 bridgehead atoms. The molecule has 0 unspecified atom stereocenters. The Kier molecular flexibility index (Phi) is 5.90. The Labute approximate surface area is 169 Å². The molecule has 1 N–H and O–H groups in total. The van der Waals surface area contributed by atoms with E-state index in [9.17, 15) is 27.2 Å². The first-order valence-corrected chi connectivity index (χ1v) is 9.08. The van der Waals surface area contributed by atoms with Gasteiger partial charge in [-0.05, 0) is 18.1 Å². The molecule has 1 atom stereocenters. The molecule has 0 spiro atoms. The highest BCUT2D eigenvalue weighted by atomic mass is 19.4. The summed E-state index contributed by atoms with van der Waals surface area (Å²) in [5.41, 5.74) is -0.703. The number of nitrogens with zero attached hydrogens (tertiary/aromatic N) is 4. The minimum Gasteiger partial charge on any atom is -0.323 e. The lowest BCUT2D eigenvalue weighted by Gasteiger charge is -2.25. The predicted molar refractivity (Wildman–Crippen MR) is 100 cm³/mol. The van der Waals surface area contributed by atoms with Gasteiger partial charge in [0.05, 0.1) is 36.0 Å². The van der Waals surface area contributed by atoms with Crippen molar-refractivity contribution in [3.8, 4) is 0 Å². The molecule has 1 saturated heterocycles. The molecule has 3 rings (SSSR count). The van der Waals surface area contributed by atoms with Crippen molar-refractivity contribution in [1.29, 1.82) is 0 Å². The molecule has 7 nitrogen and oxygen atoms in total. The van der Waals surface area contributed by atoms with Crippen LogP contribution in [0.3, 0.4) is 0 Å². The molecule has 0 aromatic carbocycles. The summed E-state index contributed by atoms with van der Waals surface area (Å²) in [6.07, 6.45) is -1.33. The van der Waals surface area contributed by atoms with Gasteiger partial charge in [0.15, 0.2) is 0 Å². The maximum Gasteiger partial charge on any atom is 0.433 e. The number of hydrogen-bond acceptors (Lipinski definition) is 4. The van der Waals surface area contributed by atoms with Crippen LogP contribution in [-0.2, 0) is 11.0 Å². The highest BCUT2D eigenvalue weighted by Gasteiger charge is 2.41. The third-order valence-corrected chi connectivity index (χ3v) is 4.67. The van der Waals surface area contributed by atoms with Crippen molar-refractivity contribution < 1.29 is 27.2 Å². The van der Waals surface area contributed by atoms with Crippen molar-refractivity contribution in [3.63, 3.8) is 0 Å². The van der Waals surface area contributed by atoms with Crippen molar-refractivity contribution in [2.24, 2.45) is 5.92 Å². The molecule has 3 amide bonds. The van der Waals surface area contributed by atoms with E-state index in [0.717, 1.165) is 24.5 Å². The summed E-state index contributed by atoms with van der Waals surface area (Å²) in [5, 5.41) is 2.48. The zero-order chi connectivity index (χ0) is 22.1. The first kappa shape index (κ1) is 21.5. The maximum absolute atomic E-state index is 13.2. The number of pyridine rings is 2. The molecule has 1 aliphatic heterocycles. The molecular weight excluding hydrogens is 406 g/mol. The Balaban J connectivity index is 1.75. The fourth-order valence-corrected chi connectivity index (χ4v) is 3.18. The van der Waals surface area contributed by atoms with Crippen LogP contribution in [0.4, 0.5) is 33.7 Å². The fraction of sp³-hybridized carbons (Fsp3) is 0.368. The van der Waals surface area contributed by atoms with Crippen LogP contribution in [0.1, 0.15) is 19.5 Å². The lowest BCUT2D eigenvalue weighted by Crippen LogP contribution is -2.42. The molecule has 3 heterocycles. The highest BCUT2D eigenvalue weighted by Crippen LogP contribution is 2.31. The second-order valence-electron chi connectivity index (χ2n) is 7.17. The third kappa shape index (κ3) is 4.66. The zero-order valence-electron chi connectivity index (χ0n) is 16.2. The van der Waals surface area contributed by atoms with Gasteiger partial charge < -0.3 is 10.2 Å². The van der Waals surface area contributed by atoms with Gasteiger partial charge in [0.1, 0.15) is 18.1 Å². The van der Waals surface area contributed by atoms with E-state index in [2.05, 4.69) is 15.3 Å². The first-order valence-electron chi connectivity index (χ1n) is 9.08. The van der Waals surface area contributed by atoms with Crippen LogP contribution in [0.5, 0.6) is 0 Å². The van der Waals surface area contributed by atoms with Crippen molar-refractivity contribution >= 4 is 23.3 Å². The van der Waals surface area contributed by atoms with Crippen LogP contribution in [0.15, 0.2) is 36.8 Å². The summed E-state index contributed by atoms with van der Waals surface area (Å²) < 4.78 is 51.4. The van der Waals surface area contributed by atoms with Gasteiger partial charge in [0, 0.05) is 12.6 Å². The molecular formula is C19H19F4N5O2. The minimum atomic E-state index is -4.58. The van der Waals surface area contributed by atoms with Crippen LogP contribution in [0.25, 0.3) is 0 Å². The SMILES string of the molecule is CC(C)[C@H]1CN(c2ccc(C(F)(F)F)nc2)C(=O)N1CC(=O)Nc1cncc(F)c1. The van der Waals surface area contributed by atoms with Crippen molar-refractivity contribution in [2.45, 2.75) is 26.1 Å². The van der Waals surface area contributed by atoms with Gasteiger partial charge in [0.2, 0.25) is 5.91 Å². The average Bonchev–Trinajstić information content (AvgIpc) is 2.98. The quantitative estimate of drug-likeness (QED) is 0.744. The molecule has 11 heteroatoms. The number of halogens is 4. The second kappa shape index (κ2) is 8.25. The molecule has 0 aliphatic carbocycles. The van der Waals surface area contributed by atoms with Gasteiger partial charge in [-0.1, -0.05) is 13.8 Å². The number of carbonyl (C=O) groups excluding carboxylic acids is 2. The van der Waals surface area contributed by atoms with E-state index in [-0.39, 0.29) is 36.4 Å². The molecule has 0 saturated carbocycles. The normalized spacial score (nSPS) is 17.0. The van der Waals surface area contributed by atoms with Crippen LogP contribution in [0.2, 0.25) is 0 Å². The van der Waals surface area contributed by atoms with E-state index >= 15 is 0 Å². The molecule has 1 fully saturated rings. The maximum atomic E-state index is 13.2. The lowest BCUT2D eigenvalue weighted by atomic mass is 10.0. The summed E-state index contributed by atoms with van der Waals surface area (Å²) >= 11 is 0. The monoisotopic (exact) mass is 425 g/mol. The molecule has 2 aromatic heterocycles. The van der Waals surface area contributed by atoms with Crippen molar-refractivity contribution in [3.05, 3.63) is 48.3 Å². The number of nitrogens with one attached hydrogen (secondary N) is 1. The number of carbonyl (C=O) groups is 2. The van der Waals surface area contributed by atoms with Crippen LogP contribution in [0, 0.1) is 11.7 Å². The second-order valence-corrected chi connectivity index (χ2v) is 7.17. The van der Waals surface area contributed by atoms with Gasteiger partial charge in [-0.2, -0.15) is 13.2 Å². The fourth-order valence-electron chi connectivity index (χ4n) is 3.18. The summed E-state index contributed by atoms with van der Waals surface area (Å²) in [5.74, 6) is -1.19. The average molecular weight is 425 g/mol. The van der Waals surface area contributed by atoms with Gasteiger partial charge in [0.25, 0.3) is 0 Å². The Hall–Kier alpha value is -3.24. The van der Waals surface area contributed by atoms with Gasteiger partial charge in [-0.15, -0.1) is 0 Å². The summed E-state index contributed by atoms with van der Waals surface area (Å²) in [6, 6.07) is 2.20. The number of urea groups is 1. The molecule has 2 aromatic rings. The van der Waals surface area contributed by atoms with Crippen molar-refractivity contribution in [2.75, 3.05) is 23.3 Å². The van der Waals surface area contributed by atoms with Crippen LogP contribution >= 0.6 is 0 Å². The topological polar surface area (TPSA) is 78.4 Å². The van der Waals surface area contributed by atoms with Crippen LogP contribution in [-0.4, -0.2) is 45.9 Å². The van der Waals surface area contributed by atoms with E-state index in [4.69, 9.17) is 0 Å². The van der Waals surface area contributed by atoms with E-state index in [1.54, 1.807) is 0 Å². The molecule has 0 radical (unpaired) electrons. The number of hydrogen-bond donors (Lipinski definition) is 1. The van der Waals surface area contributed by atoms with Crippen LogP contribution < -0.4 is 10.2 Å². The Morgan fingerprint density at radius 2 is 2.00 bits per heavy atom. The number of alkyl halides is 3. The molecule has 1 aliphatic rings. The lowest BCUT2D eigenvalue weighted by molar-refractivity contribution is -0.141. The third-order valence-electron chi connectivity index (χ3n) is 4.67. The smallest absolute Gasteiger partial charge is 0.323 e. The largest absolute Gasteiger partial charge is 0.433 e. The first-order chi connectivity index (χ1) is 14.1. The Morgan fingerprint density at radius 3 is 2.57 bits per heavy atom.